The monoisotopic (exact) mass is 290 g/mol. The Bertz CT molecular complexity index is 367. The van der Waals surface area contributed by atoms with Gasteiger partial charge < -0.3 is 5.32 Å². The maximum absolute atomic E-state index is 13.0. The lowest BCUT2D eigenvalue weighted by Crippen LogP contribution is -2.51. The summed E-state index contributed by atoms with van der Waals surface area (Å²) in [4.78, 5) is 2.40. The van der Waals surface area contributed by atoms with Gasteiger partial charge in [-0.2, -0.15) is 13.2 Å². The molecular weight excluding hydrogens is 265 g/mol. The fraction of sp³-hybridized carbons (Fsp3) is 1.00. The molecule has 3 aliphatic rings. The molecule has 1 aliphatic carbocycles. The molecular formula is C15H25F3N2. The first-order valence-electron chi connectivity index (χ1n) is 7.84. The van der Waals surface area contributed by atoms with E-state index in [0.717, 1.165) is 32.5 Å². The molecule has 2 nitrogen and oxygen atoms in total. The summed E-state index contributed by atoms with van der Waals surface area (Å²) >= 11 is 0. The number of rotatable bonds is 1. The quantitative estimate of drug-likeness (QED) is 0.798. The van der Waals surface area contributed by atoms with Crippen molar-refractivity contribution in [2.75, 3.05) is 19.6 Å². The molecule has 0 spiro atoms. The SMILES string of the molecule is CC1(C)C2CNCC2CN1C1CCCC(C(F)(F)F)C1. The smallest absolute Gasteiger partial charge is 0.316 e. The second-order valence-corrected chi connectivity index (χ2v) is 7.39. The van der Waals surface area contributed by atoms with Crippen LogP contribution in [0.2, 0.25) is 0 Å². The van der Waals surface area contributed by atoms with Gasteiger partial charge in [-0.05, 0) is 51.5 Å². The van der Waals surface area contributed by atoms with Gasteiger partial charge in [0.1, 0.15) is 0 Å². The molecule has 0 aromatic rings. The second kappa shape index (κ2) is 4.87. The van der Waals surface area contributed by atoms with Crippen LogP contribution in [0.1, 0.15) is 39.5 Å². The van der Waals surface area contributed by atoms with Gasteiger partial charge in [0.15, 0.2) is 0 Å². The van der Waals surface area contributed by atoms with E-state index in [2.05, 4.69) is 24.1 Å². The molecule has 1 N–H and O–H groups in total. The van der Waals surface area contributed by atoms with Gasteiger partial charge in [-0.25, -0.2) is 0 Å². The average Bonchev–Trinajstić information content (AvgIpc) is 2.91. The molecule has 0 aromatic heterocycles. The molecule has 4 unspecified atom stereocenters. The third kappa shape index (κ3) is 2.37. The van der Waals surface area contributed by atoms with E-state index < -0.39 is 12.1 Å². The van der Waals surface area contributed by atoms with Crippen LogP contribution < -0.4 is 5.32 Å². The summed E-state index contributed by atoms with van der Waals surface area (Å²) in [6.45, 7) is 7.47. The van der Waals surface area contributed by atoms with Crippen molar-refractivity contribution in [3.05, 3.63) is 0 Å². The van der Waals surface area contributed by atoms with Crippen molar-refractivity contribution in [2.45, 2.75) is 57.3 Å². The third-order valence-corrected chi connectivity index (χ3v) is 5.97. The second-order valence-electron chi connectivity index (χ2n) is 7.39. The highest BCUT2D eigenvalue weighted by Crippen LogP contribution is 2.46. The molecule has 0 radical (unpaired) electrons. The molecule has 5 heteroatoms. The minimum Gasteiger partial charge on any atom is -0.316 e. The molecule has 2 aliphatic heterocycles. The summed E-state index contributed by atoms with van der Waals surface area (Å²) in [6.07, 6.45) is -1.74. The van der Waals surface area contributed by atoms with Crippen LogP contribution in [0.15, 0.2) is 0 Å². The zero-order valence-corrected chi connectivity index (χ0v) is 12.3. The van der Waals surface area contributed by atoms with E-state index in [1.165, 1.54) is 0 Å². The Morgan fingerprint density at radius 3 is 2.55 bits per heavy atom. The first-order chi connectivity index (χ1) is 9.30. The highest BCUT2D eigenvalue weighted by atomic mass is 19.4. The van der Waals surface area contributed by atoms with Crippen LogP contribution in [0.25, 0.3) is 0 Å². The topological polar surface area (TPSA) is 15.3 Å². The lowest BCUT2D eigenvalue weighted by molar-refractivity contribution is -0.188. The maximum Gasteiger partial charge on any atom is 0.391 e. The van der Waals surface area contributed by atoms with E-state index >= 15 is 0 Å². The number of fused-ring (bicyclic) bond motifs is 1. The highest BCUT2D eigenvalue weighted by molar-refractivity contribution is 5.06. The fourth-order valence-corrected chi connectivity index (χ4v) is 4.82. The molecule has 20 heavy (non-hydrogen) atoms. The minimum absolute atomic E-state index is 0.0340. The molecule has 4 atom stereocenters. The van der Waals surface area contributed by atoms with Crippen LogP contribution in [0.3, 0.4) is 0 Å². The van der Waals surface area contributed by atoms with E-state index in [1.807, 2.05) is 0 Å². The van der Waals surface area contributed by atoms with Crippen molar-refractivity contribution in [1.82, 2.24) is 10.2 Å². The van der Waals surface area contributed by atoms with E-state index in [-0.39, 0.29) is 11.6 Å². The molecule has 3 rings (SSSR count). The lowest BCUT2D eigenvalue weighted by Gasteiger charge is -2.44. The Labute approximate surface area is 119 Å². The van der Waals surface area contributed by atoms with Crippen molar-refractivity contribution in [3.63, 3.8) is 0 Å². The Morgan fingerprint density at radius 2 is 1.90 bits per heavy atom. The number of alkyl halides is 3. The number of nitrogens with one attached hydrogen (secondary N) is 1. The number of nitrogens with zero attached hydrogens (tertiary/aromatic N) is 1. The fourth-order valence-electron chi connectivity index (χ4n) is 4.82. The largest absolute Gasteiger partial charge is 0.391 e. The Balaban J connectivity index is 1.73. The molecule has 0 amide bonds. The number of hydrogen-bond acceptors (Lipinski definition) is 2. The Hall–Kier alpha value is -0.290. The van der Waals surface area contributed by atoms with Gasteiger partial charge in [-0.1, -0.05) is 6.42 Å². The number of likely N-dealkylation sites (tertiary alicyclic amines) is 1. The van der Waals surface area contributed by atoms with Crippen molar-refractivity contribution >= 4 is 0 Å². The van der Waals surface area contributed by atoms with Gasteiger partial charge in [0.25, 0.3) is 0 Å². The van der Waals surface area contributed by atoms with Crippen LogP contribution in [0.4, 0.5) is 13.2 Å². The third-order valence-electron chi connectivity index (χ3n) is 5.97. The van der Waals surface area contributed by atoms with Crippen LogP contribution in [0.5, 0.6) is 0 Å². The number of hydrogen-bond donors (Lipinski definition) is 1. The van der Waals surface area contributed by atoms with Crippen molar-refractivity contribution in [2.24, 2.45) is 17.8 Å². The van der Waals surface area contributed by atoms with Gasteiger partial charge >= 0.3 is 6.18 Å². The zero-order valence-electron chi connectivity index (χ0n) is 12.3. The average molecular weight is 290 g/mol. The summed E-state index contributed by atoms with van der Waals surface area (Å²) in [5, 5.41) is 3.43. The van der Waals surface area contributed by atoms with E-state index in [1.54, 1.807) is 0 Å². The molecule has 0 bridgehead atoms. The summed E-state index contributed by atoms with van der Waals surface area (Å²) in [5.41, 5.74) is 0.0340. The molecule has 116 valence electrons. The van der Waals surface area contributed by atoms with Gasteiger partial charge in [-0.15, -0.1) is 0 Å². The van der Waals surface area contributed by atoms with E-state index in [4.69, 9.17) is 0 Å². The van der Waals surface area contributed by atoms with Crippen LogP contribution in [-0.2, 0) is 0 Å². The standard InChI is InChI=1S/C15H25F3N2/c1-14(2)13-8-19-7-10(13)9-20(14)12-5-3-4-11(6-12)15(16,17)18/h10-13,19H,3-9H2,1-2H3. The summed E-state index contributed by atoms with van der Waals surface area (Å²) in [5.74, 6) is 0.126. The zero-order chi connectivity index (χ0) is 14.5. The van der Waals surface area contributed by atoms with Crippen LogP contribution in [-0.4, -0.2) is 42.3 Å². The Kier molecular flexibility index (Phi) is 3.57. The summed E-state index contributed by atoms with van der Waals surface area (Å²) in [7, 11) is 0. The molecule has 3 fully saturated rings. The Morgan fingerprint density at radius 1 is 1.15 bits per heavy atom. The van der Waals surface area contributed by atoms with Gasteiger partial charge in [-0.3, -0.25) is 4.90 Å². The lowest BCUT2D eigenvalue weighted by atomic mass is 9.81. The van der Waals surface area contributed by atoms with E-state index in [9.17, 15) is 13.2 Å². The predicted octanol–water partition coefficient (Wildman–Crippen LogP) is 3.04. The maximum atomic E-state index is 13.0. The first kappa shape index (κ1) is 14.6. The molecule has 1 saturated carbocycles. The van der Waals surface area contributed by atoms with Crippen molar-refractivity contribution < 1.29 is 13.2 Å². The van der Waals surface area contributed by atoms with Gasteiger partial charge in [0, 0.05) is 24.7 Å². The van der Waals surface area contributed by atoms with Crippen LogP contribution in [0, 0.1) is 17.8 Å². The molecule has 2 saturated heterocycles. The molecule has 0 aromatic carbocycles. The number of halogens is 3. The normalized spacial score (nSPS) is 41.9. The minimum atomic E-state index is -4.01. The molecule has 2 heterocycles. The van der Waals surface area contributed by atoms with Crippen molar-refractivity contribution in [1.29, 1.82) is 0 Å². The van der Waals surface area contributed by atoms with Gasteiger partial charge in [0.05, 0.1) is 5.92 Å². The van der Waals surface area contributed by atoms with E-state index in [0.29, 0.717) is 24.7 Å². The summed E-state index contributed by atoms with van der Waals surface area (Å²) in [6, 6.07) is 0.121. The first-order valence-corrected chi connectivity index (χ1v) is 7.84. The van der Waals surface area contributed by atoms with Crippen LogP contribution >= 0.6 is 0 Å². The predicted molar refractivity (Wildman–Crippen MR) is 72.4 cm³/mol. The van der Waals surface area contributed by atoms with Crippen molar-refractivity contribution in [3.8, 4) is 0 Å². The highest BCUT2D eigenvalue weighted by Gasteiger charge is 2.53. The van der Waals surface area contributed by atoms with Gasteiger partial charge in [0.2, 0.25) is 0 Å². The summed E-state index contributed by atoms with van der Waals surface area (Å²) < 4.78 is 39.0.